The molecule has 3 aromatic rings. The first kappa shape index (κ1) is 20.8. The van der Waals surface area contributed by atoms with Gasteiger partial charge in [0, 0.05) is 23.5 Å². The Labute approximate surface area is 181 Å². The number of aromatic nitrogens is 1. The molecule has 0 bridgehead atoms. The van der Waals surface area contributed by atoms with Crippen molar-refractivity contribution in [1.29, 1.82) is 0 Å². The molecule has 0 saturated carbocycles. The Morgan fingerprint density at radius 2 is 1.77 bits per heavy atom. The summed E-state index contributed by atoms with van der Waals surface area (Å²) in [6, 6.07) is 14.7. The molecule has 1 atom stereocenters. The number of hydrogen-bond donors (Lipinski definition) is 1. The van der Waals surface area contributed by atoms with E-state index in [0.29, 0.717) is 5.56 Å². The number of hydrogen-bond acceptors (Lipinski definition) is 3. The summed E-state index contributed by atoms with van der Waals surface area (Å²) in [5.74, 6) is -0.648. The van der Waals surface area contributed by atoms with E-state index in [0.717, 1.165) is 45.6 Å². The number of imide groups is 1. The second kappa shape index (κ2) is 7.69. The van der Waals surface area contributed by atoms with Crippen LogP contribution in [-0.4, -0.2) is 33.7 Å². The number of rotatable bonds is 6. The molecule has 1 unspecified atom stereocenters. The van der Waals surface area contributed by atoms with Gasteiger partial charge in [-0.25, -0.2) is 4.79 Å². The first-order valence-corrected chi connectivity index (χ1v) is 10.6. The third-order valence-electron chi connectivity index (χ3n) is 6.23. The van der Waals surface area contributed by atoms with Crippen LogP contribution in [0.3, 0.4) is 0 Å². The fourth-order valence-corrected chi connectivity index (χ4v) is 4.56. The minimum atomic E-state index is -1.22. The van der Waals surface area contributed by atoms with Gasteiger partial charge in [-0.2, -0.15) is 0 Å². The van der Waals surface area contributed by atoms with Crippen LogP contribution in [0.25, 0.3) is 10.8 Å². The molecule has 31 heavy (non-hydrogen) atoms. The zero-order valence-corrected chi connectivity index (χ0v) is 18.4. The standard InChI is InChI=1S/C25H27N3O3/c1-5-13-27-16(2)14-20(17(27)3)22(29)15-28-23(30)25(4,26-24(28)31)21-12-8-10-18-9-6-7-11-19(18)21/h6-12,14H,5,13,15H2,1-4H3,(H,26,31). The molecule has 1 saturated heterocycles. The molecule has 1 aromatic heterocycles. The van der Waals surface area contributed by atoms with E-state index in [2.05, 4.69) is 16.8 Å². The third kappa shape index (κ3) is 3.32. The molecule has 1 aliphatic heterocycles. The van der Waals surface area contributed by atoms with Gasteiger partial charge in [-0.15, -0.1) is 0 Å². The zero-order valence-electron chi connectivity index (χ0n) is 18.4. The largest absolute Gasteiger partial charge is 0.348 e. The summed E-state index contributed by atoms with van der Waals surface area (Å²) < 4.78 is 2.10. The molecule has 0 radical (unpaired) electrons. The van der Waals surface area contributed by atoms with Crippen molar-refractivity contribution in [3.63, 3.8) is 0 Å². The van der Waals surface area contributed by atoms with Crippen LogP contribution in [0, 0.1) is 13.8 Å². The van der Waals surface area contributed by atoms with Crippen molar-refractivity contribution in [3.05, 3.63) is 71.0 Å². The lowest BCUT2D eigenvalue weighted by Gasteiger charge is -2.24. The summed E-state index contributed by atoms with van der Waals surface area (Å²) in [5, 5.41) is 4.71. The second-order valence-electron chi connectivity index (χ2n) is 8.33. The number of aryl methyl sites for hydroxylation is 1. The predicted molar refractivity (Wildman–Crippen MR) is 120 cm³/mol. The zero-order chi connectivity index (χ0) is 22.3. The number of nitrogens with zero attached hydrogens (tertiary/aromatic N) is 2. The molecule has 0 spiro atoms. The third-order valence-corrected chi connectivity index (χ3v) is 6.23. The number of fused-ring (bicyclic) bond motifs is 1. The number of Topliss-reactive ketones (excluding diaryl/α,β-unsaturated/α-hetero) is 1. The highest BCUT2D eigenvalue weighted by Gasteiger charge is 2.50. The van der Waals surface area contributed by atoms with E-state index in [1.807, 2.05) is 62.4 Å². The van der Waals surface area contributed by atoms with Crippen LogP contribution in [0.1, 0.15) is 47.6 Å². The number of ketones is 1. The Morgan fingerprint density at radius 1 is 1.06 bits per heavy atom. The fourth-order valence-electron chi connectivity index (χ4n) is 4.56. The van der Waals surface area contributed by atoms with E-state index < -0.39 is 17.5 Å². The number of amides is 3. The number of nitrogens with one attached hydrogen (secondary N) is 1. The van der Waals surface area contributed by atoms with E-state index in [1.165, 1.54) is 0 Å². The first-order chi connectivity index (χ1) is 14.8. The van der Waals surface area contributed by atoms with Crippen molar-refractivity contribution >= 4 is 28.5 Å². The summed E-state index contributed by atoms with van der Waals surface area (Å²) in [5.41, 5.74) is 1.93. The van der Waals surface area contributed by atoms with Gasteiger partial charge in [-0.1, -0.05) is 49.4 Å². The van der Waals surface area contributed by atoms with Crippen molar-refractivity contribution in [1.82, 2.24) is 14.8 Å². The van der Waals surface area contributed by atoms with Gasteiger partial charge in [0.05, 0.1) is 6.54 Å². The highest BCUT2D eigenvalue weighted by atomic mass is 16.2. The average Bonchev–Trinajstić information content (AvgIpc) is 3.16. The van der Waals surface area contributed by atoms with Gasteiger partial charge in [-0.05, 0) is 49.6 Å². The molecule has 2 heterocycles. The Balaban J connectivity index is 1.65. The number of carbonyl (C=O) groups excluding carboxylic acids is 3. The van der Waals surface area contributed by atoms with Crippen molar-refractivity contribution < 1.29 is 14.4 Å². The van der Waals surface area contributed by atoms with Crippen molar-refractivity contribution in [2.75, 3.05) is 6.54 Å². The van der Waals surface area contributed by atoms with Crippen LogP contribution in [0.2, 0.25) is 0 Å². The van der Waals surface area contributed by atoms with E-state index in [-0.39, 0.29) is 12.3 Å². The van der Waals surface area contributed by atoms with Gasteiger partial charge >= 0.3 is 6.03 Å². The highest BCUT2D eigenvalue weighted by Crippen LogP contribution is 2.34. The molecule has 2 aromatic carbocycles. The molecular formula is C25H27N3O3. The smallest absolute Gasteiger partial charge is 0.325 e. The van der Waals surface area contributed by atoms with Gasteiger partial charge in [0.1, 0.15) is 5.54 Å². The van der Waals surface area contributed by atoms with E-state index in [9.17, 15) is 14.4 Å². The maximum absolute atomic E-state index is 13.4. The lowest BCUT2D eigenvalue weighted by atomic mass is 9.88. The normalized spacial score (nSPS) is 18.6. The fraction of sp³-hybridized carbons (Fsp3) is 0.320. The minimum Gasteiger partial charge on any atom is -0.348 e. The van der Waals surface area contributed by atoms with Gasteiger partial charge in [-0.3, -0.25) is 14.5 Å². The van der Waals surface area contributed by atoms with Gasteiger partial charge in [0.15, 0.2) is 5.78 Å². The Kier molecular flexibility index (Phi) is 5.17. The van der Waals surface area contributed by atoms with Crippen molar-refractivity contribution in [2.24, 2.45) is 0 Å². The molecular weight excluding hydrogens is 390 g/mol. The molecule has 1 N–H and O–H groups in total. The summed E-state index contributed by atoms with van der Waals surface area (Å²) in [6.45, 7) is 8.20. The average molecular weight is 418 g/mol. The van der Waals surface area contributed by atoms with E-state index in [1.54, 1.807) is 6.92 Å². The number of benzene rings is 2. The molecule has 3 amide bonds. The Bertz CT molecular complexity index is 1200. The summed E-state index contributed by atoms with van der Waals surface area (Å²) in [4.78, 5) is 40.3. The van der Waals surface area contributed by atoms with Crippen LogP contribution in [0.15, 0.2) is 48.5 Å². The Hall–Kier alpha value is -3.41. The van der Waals surface area contributed by atoms with Crippen molar-refractivity contribution in [3.8, 4) is 0 Å². The molecule has 0 aliphatic carbocycles. The van der Waals surface area contributed by atoms with Gasteiger partial charge in [0.25, 0.3) is 5.91 Å². The van der Waals surface area contributed by atoms with Gasteiger partial charge < -0.3 is 9.88 Å². The van der Waals surface area contributed by atoms with Crippen LogP contribution in [-0.2, 0) is 16.9 Å². The van der Waals surface area contributed by atoms with Crippen LogP contribution in [0.5, 0.6) is 0 Å². The lowest BCUT2D eigenvalue weighted by molar-refractivity contribution is -0.130. The summed E-state index contributed by atoms with van der Waals surface area (Å²) >= 11 is 0. The number of urea groups is 1. The predicted octanol–water partition coefficient (Wildman–Crippen LogP) is 4.32. The molecule has 1 aliphatic rings. The maximum Gasteiger partial charge on any atom is 0.325 e. The quantitative estimate of drug-likeness (QED) is 0.480. The molecule has 160 valence electrons. The molecule has 6 heteroatoms. The topological polar surface area (TPSA) is 71.4 Å². The van der Waals surface area contributed by atoms with Gasteiger partial charge in [0.2, 0.25) is 0 Å². The monoisotopic (exact) mass is 417 g/mol. The SMILES string of the molecule is CCCn1c(C)cc(C(=O)CN2C(=O)NC(C)(c3cccc4ccccc34)C2=O)c1C. The highest BCUT2D eigenvalue weighted by molar-refractivity contribution is 6.12. The van der Waals surface area contributed by atoms with Crippen LogP contribution in [0.4, 0.5) is 4.79 Å². The molecule has 4 rings (SSSR count). The molecule has 1 fully saturated rings. The number of carbonyl (C=O) groups is 3. The van der Waals surface area contributed by atoms with E-state index in [4.69, 9.17) is 0 Å². The Morgan fingerprint density at radius 3 is 2.52 bits per heavy atom. The van der Waals surface area contributed by atoms with E-state index >= 15 is 0 Å². The summed E-state index contributed by atoms with van der Waals surface area (Å²) in [7, 11) is 0. The van der Waals surface area contributed by atoms with Crippen LogP contribution < -0.4 is 5.32 Å². The minimum absolute atomic E-state index is 0.235. The summed E-state index contributed by atoms with van der Waals surface area (Å²) in [6.07, 6.45) is 0.959. The van der Waals surface area contributed by atoms with Crippen molar-refractivity contribution in [2.45, 2.75) is 46.2 Å². The lowest BCUT2D eigenvalue weighted by Crippen LogP contribution is -2.41. The maximum atomic E-state index is 13.4. The molecule has 6 nitrogen and oxygen atoms in total. The second-order valence-corrected chi connectivity index (χ2v) is 8.33. The van der Waals surface area contributed by atoms with Crippen LogP contribution >= 0.6 is 0 Å². The first-order valence-electron chi connectivity index (χ1n) is 10.6.